The van der Waals surface area contributed by atoms with Crippen LogP contribution < -0.4 is 5.14 Å². The number of thiophene rings is 1. The Morgan fingerprint density at radius 1 is 1.50 bits per heavy atom. The van der Waals surface area contributed by atoms with Gasteiger partial charge in [0.1, 0.15) is 0 Å². The summed E-state index contributed by atoms with van der Waals surface area (Å²) in [6.07, 6.45) is 0. The highest BCUT2D eigenvalue weighted by molar-refractivity contribution is 7.89. The number of hydrogen-bond donors (Lipinski definition) is 1. The van der Waals surface area contributed by atoms with E-state index in [0.29, 0.717) is 12.4 Å². The minimum Gasteiger partial charge on any atom is -0.297 e. The topological polar surface area (TPSA) is 90.9 Å². The fourth-order valence-electron chi connectivity index (χ4n) is 1.39. The summed E-state index contributed by atoms with van der Waals surface area (Å²) >= 11 is 1.51. The van der Waals surface area contributed by atoms with Gasteiger partial charge in [0.05, 0.1) is 0 Å². The van der Waals surface area contributed by atoms with E-state index in [1.54, 1.807) is 0 Å². The SMILES string of the molecule is CCn1c(-c2ccsc2)nnc1S(N)(=O)=O. The standard InChI is InChI=1S/C8H10N4O2S2/c1-2-12-7(6-3-4-15-5-6)10-11-8(12)16(9,13)14/h3-5H,2H2,1H3,(H2,9,13,14). The molecule has 2 rings (SSSR count). The first-order valence-electron chi connectivity index (χ1n) is 4.52. The largest absolute Gasteiger partial charge is 0.297 e. The molecular formula is C8H10N4O2S2. The van der Waals surface area contributed by atoms with Gasteiger partial charge in [0.15, 0.2) is 5.82 Å². The summed E-state index contributed by atoms with van der Waals surface area (Å²) in [7, 11) is -3.82. The maximum absolute atomic E-state index is 11.3. The number of nitrogens with two attached hydrogens (primary N) is 1. The van der Waals surface area contributed by atoms with Crippen molar-refractivity contribution in [1.82, 2.24) is 14.8 Å². The van der Waals surface area contributed by atoms with Crippen LogP contribution in [-0.2, 0) is 16.6 Å². The van der Waals surface area contributed by atoms with Crippen molar-refractivity contribution in [3.63, 3.8) is 0 Å². The maximum Gasteiger partial charge on any atom is 0.273 e. The van der Waals surface area contributed by atoms with E-state index in [-0.39, 0.29) is 5.16 Å². The van der Waals surface area contributed by atoms with Crippen LogP contribution in [0.4, 0.5) is 0 Å². The number of sulfonamides is 1. The average Bonchev–Trinajstić information content (AvgIpc) is 2.84. The lowest BCUT2D eigenvalue weighted by Crippen LogP contribution is -2.18. The van der Waals surface area contributed by atoms with E-state index in [2.05, 4.69) is 10.2 Å². The molecule has 8 heteroatoms. The van der Waals surface area contributed by atoms with Crippen molar-refractivity contribution in [2.24, 2.45) is 5.14 Å². The predicted octanol–water partition coefficient (Wildman–Crippen LogP) is 0.674. The molecule has 0 radical (unpaired) electrons. The summed E-state index contributed by atoms with van der Waals surface area (Å²) in [5, 5.41) is 16.1. The summed E-state index contributed by atoms with van der Waals surface area (Å²) in [5.41, 5.74) is 0.842. The quantitative estimate of drug-likeness (QED) is 0.876. The lowest BCUT2D eigenvalue weighted by molar-refractivity contribution is 0.571. The number of hydrogen-bond acceptors (Lipinski definition) is 5. The minimum absolute atomic E-state index is 0.198. The minimum atomic E-state index is -3.82. The number of rotatable bonds is 3. The summed E-state index contributed by atoms with van der Waals surface area (Å²) in [6, 6.07) is 1.85. The third-order valence-electron chi connectivity index (χ3n) is 2.07. The van der Waals surface area contributed by atoms with Crippen molar-refractivity contribution in [2.75, 3.05) is 0 Å². The molecular weight excluding hydrogens is 248 g/mol. The van der Waals surface area contributed by atoms with Crippen LogP contribution in [0.25, 0.3) is 11.4 Å². The zero-order chi connectivity index (χ0) is 11.8. The van der Waals surface area contributed by atoms with Crippen LogP contribution in [0.2, 0.25) is 0 Å². The molecule has 0 saturated heterocycles. The number of aromatic nitrogens is 3. The first kappa shape index (κ1) is 11.2. The first-order chi connectivity index (χ1) is 7.54. The highest BCUT2D eigenvalue weighted by atomic mass is 32.2. The van der Waals surface area contributed by atoms with E-state index < -0.39 is 10.0 Å². The van der Waals surface area contributed by atoms with E-state index in [1.807, 2.05) is 23.8 Å². The van der Waals surface area contributed by atoms with Crippen LogP contribution in [0.1, 0.15) is 6.92 Å². The highest BCUT2D eigenvalue weighted by Crippen LogP contribution is 2.22. The van der Waals surface area contributed by atoms with Crippen molar-refractivity contribution in [1.29, 1.82) is 0 Å². The second kappa shape index (κ2) is 3.96. The maximum atomic E-state index is 11.3. The second-order valence-electron chi connectivity index (χ2n) is 3.11. The molecule has 0 aliphatic rings. The second-order valence-corrected chi connectivity index (χ2v) is 5.34. The van der Waals surface area contributed by atoms with Gasteiger partial charge >= 0.3 is 0 Å². The summed E-state index contributed by atoms with van der Waals surface area (Å²) in [6.45, 7) is 2.26. The van der Waals surface area contributed by atoms with Crippen LogP contribution in [0.3, 0.4) is 0 Å². The molecule has 16 heavy (non-hydrogen) atoms. The van der Waals surface area contributed by atoms with Gasteiger partial charge in [0.25, 0.3) is 15.2 Å². The van der Waals surface area contributed by atoms with Crippen LogP contribution in [0, 0.1) is 0 Å². The van der Waals surface area contributed by atoms with E-state index in [4.69, 9.17) is 5.14 Å². The Bertz CT molecular complexity index is 586. The predicted molar refractivity (Wildman–Crippen MR) is 60.4 cm³/mol. The van der Waals surface area contributed by atoms with E-state index in [0.717, 1.165) is 5.56 Å². The summed E-state index contributed by atoms with van der Waals surface area (Å²) < 4.78 is 24.0. The molecule has 0 unspecified atom stereocenters. The van der Waals surface area contributed by atoms with Crippen LogP contribution >= 0.6 is 11.3 Å². The van der Waals surface area contributed by atoms with Gasteiger partial charge in [0.2, 0.25) is 0 Å². The monoisotopic (exact) mass is 258 g/mol. The van der Waals surface area contributed by atoms with Crippen LogP contribution in [0.15, 0.2) is 22.0 Å². The lowest BCUT2D eigenvalue weighted by atomic mass is 10.3. The van der Waals surface area contributed by atoms with E-state index in [1.165, 1.54) is 15.9 Å². The zero-order valence-electron chi connectivity index (χ0n) is 8.49. The highest BCUT2D eigenvalue weighted by Gasteiger charge is 2.20. The summed E-state index contributed by atoms with van der Waals surface area (Å²) in [4.78, 5) is 0. The Balaban J connectivity index is 2.63. The van der Waals surface area contributed by atoms with Gasteiger partial charge in [-0.2, -0.15) is 11.3 Å². The normalized spacial score (nSPS) is 11.9. The van der Waals surface area contributed by atoms with Gasteiger partial charge in [-0.25, -0.2) is 13.6 Å². The Kier molecular flexibility index (Phi) is 2.78. The van der Waals surface area contributed by atoms with Gasteiger partial charge in [-0.3, -0.25) is 4.57 Å². The average molecular weight is 258 g/mol. The zero-order valence-corrected chi connectivity index (χ0v) is 10.1. The van der Waals surface area contributed by atoms with Gasteiger partial charge in [-0.1, -0.05) is 0 Å². The van der Waals surface area contributed by atoms with Gasteiger partial charge in [0, 0.05) is 17.5 Å². The molecule has 2 aromatic rings. The molecule has 0 aliphatic heterocycles. The van der Waals surface area contributed by atoms with E-state index >= 15 is 0 Å². The van der Waals surface area contributed by atoms with Gasteiger partial charge in [-0.15, -0.1) is 10.2 Å². The first-order valence-corrected chi connectivity index (χ1v) is 7.01. The van der Waals surface area contributed by atoms with Gasteiger partial charge < -0.3 is 0 Å². The molecule has 2 aromatic heterocycles. The smallest absolute Gasteiger partial charge is 0.273 e. The van der Waals surface area contributed by atoms with E-state index in [9.17, 15) is 8.42 Å². The third kappa shape index (κ3) is 1.86. The van der Waals surface area contributed by atoms with Crippen LogP contribution in [-0.4, -0.2) is 23.2 Å². The molecule has 0 aromatic carbocycles. The molecule has 0 fully saturated rings. The molecule has 0 amide bonds. The molecule has 86 valence electrons. The fourth-order valence-corrected chi connectivity index (χ4v) is 2.70. The third-order valence-corrected chi connectivity index (χ3v) is 3.56. The number of nitrogens with zero attached hydrogens (tertiary/aromatic N) is 3. The molecule has 0 saturated carbocycles. The van der Waals surface area contributed by atoms with Crippen molar-refractivity contribution in [3.8, 4) is 11.4 Å². The van der Waals surface area contributed by atoms with Crippen molar-refractivity contribution < 1.29 is 8.42 Å². The molecule has 0 aliphatic carbocycles. The molecule has 2 heterocycles. The number of primary sulfonamides is 1. The summed E-state index contributed by atoms with van der Waals surface area (Å²) in [5.74, 6) is 0.521. The van der Waals surface area contributed by atoms with Crippen molar-refractivity contribution in [3.05, 3.63) is 16.8 Å². The fraction of sp³-hybridized carbons (Fsp3) is 0.250. The van der Waals surface area contributed by atoms with Gasteiger partial charge in [-0.05, 0) is 18.4 Å². The molecule has 2 N–H and O–H groups in total. The Labute approximate surface area is 96.8 Å². The van der Waals surface area contributed by atoms with Crippen molar-refractivity contribution in [2.45, 2.75) is 18.6 Å². The molecule has 0 atom stereocenters. The lowest BCUT2D eigenvalue weighted by Gasteiger charge is -2.04. The molecule has 0 spiro atoms. The Hall–Kier alpha value is -1.25. The Morgan fingerprint density at radius 2 is 2.25 bits per heavy atom. The molecule has 6 nitrogen and oxygen atoms in total. The molecule has 0 bridgehead atoms. The van der Waals surface area contributed by atoms with Crippen LogP contribution in [0.5, 0.6) is 0 Å². The van der Waals surface area contributed by atoms with Crippen molar-refractivity contribution >= 4 is 21.4 Å². The Morgan fingerprint density at radius 3 is 2.75 bits per heavy atom.